The fraction of sp³-hybridized carbons (Fsp3) is 0.154. The third-order valence-electron chi connectivity index (χ3n) is 2.65. The average molecular weight is 321 g/mol. The lowest BCUT2D eigenvalue weighted by molar-refractivity contribution is -0.384. The van der Waals surface area contributed by atoms with Crippen LogP contribution in [0.1, 0.15) is 15.2 Å². The molecule has 0 aliphatic rings. The van der Waals surface area contributed by atoms with Crippen LogP contribution in [0.5, 0.6) is 0 Å². The Morgan fingerprint density at radius 1 is 1.36 bits per heavy atom. The Balaban J connectivity index is 1.96. The van der Waals surface area contributed by atoms with Crippen molar-refractivity contribution in [3.05, 3.63) is 51.0 Å². The van der Waals surface area contributed by atoms with Crippen LogP contribution in [-0.4, -0.2) is 28.9 Å². The molecule has 0 aliphatic carbocycles. The number of nitrogens with zero attached hydrogens (tertiary/aromatic N) is 2. The number of ether oxygens (including phenoxy) is 1. The molecule has 0 aliphatic heterocycles. The number of carbonyl (C=O) groups is 2. The Morgan fingerprint density at radius 2 is 2.05 bits per heavy atom. The molecule has 2 aromatic rings. The maximum absolute atomic E-state index is 11.9. The van der Waals surface area contributed by atoms with E-state index in [1.807, 2.05) is 0 Å². The molecular formula is C13H11N3O5S. The number of benzene rings is 1. The number of nitro groups is 1. The van der Waals surface area contributed by atoms with E-state index in [1.165, 1.54) is 37.6 Å². The largest absolute Gasteiger partial charge is 0.465 e. The SMILES string of the molecule is COC(=O)c1cnc(NC(=O)Cc2ccc([N+](=O)[O-])cc2)s1. The first kappa shape index (κ1) is 15.6. The van der Waals surface area contributed by atoms with Gasteiger partial charge in [-0.15, -0.1) is 0 Å². The van der Waals surface area contributed by atoms with Crippen LogP contribution in [0.15, 0.2) is 30.5 Å². The topological polar surface area (TPSA) is 111 Å². The number of hydrogen-bond donors (Lipinski definition) is 1. The first-order valence-corrected chi connectivity index (χ1v) is 6.88. The van der Waals surface area contributed by atoms with Gasteiger partial charge < -0.3 is 10.1 Å². The summed E-state index contributed by atoms with van der Waals surface area (Å²) in [5.41, 5.74) is 0.597. The van der Waals surface area contributed by atoms with Crippen molar-refractivity contribution in [3.8, 4) is 0 Å². The molecule has 1 N–H and O–H groups in total. The molecule has 2 rings (SSSR count). The Kier molecular flexibility index (Phi) is 4.79. The lowest BCUT2D eigenvalue weighted by Crippen LogP contribution is -2.14. The summed E-state index contributed by atoms with van der Waals surface area (Å²) in [7, 11) is 1.26. The van der Waals surface area contributed by atoms with Gasteiger partial charge in [0.25, 0.3) is 5.69 Å². The van der Waals surface area contributed by atoms with E-state index in [0.29, 0.717) is 5.56 Å². The highest BCUT2D eigenvalue weighted by atomic mass is 32.1. The van der Waals surface area contributed by atoms with Gasteiger partial charge >= 0.3 is 5.97 Å². The maximum atomic E-state index is 11.9. The van der Waals surface area contributed by atoms with Crippen LogP contribution < -0.4 is 5.32 Å². The van der Waals surface area contributed by atoms with Crippen LogP contribution in [0, 0.1) is 10.1 Å². The van der Waals surface area contributed by atoms with Crippen molar-refractivity contribution in [2.24, 2.45) is 0 Å². The highest BCUT2D eigenvalue weighted by Crippen LogP contribution is 2.19. The van der Waals surface area contributed by atoms with Crippen molar-refractivity contribution < 1.29 is 19.2 Å². The molecule has 0 fully saturated rings. The highest BCUT2D eigenvalue weighted by Gasteiger charge is 2.13. The summed E-state index contributed by atoms with van der Waals surface area (Å²) in [5.74, 6) is -0.854. The molecule has 0 saturated carbocycles. The van der Waals surface area contributed by atoms with E-state index in [1.54, 1.807) is 0 Å². The number of rotatable bonds is 5. The number of amides is 1. The zero-order valence-electron chi connectivity index (χ0n) is 11.4. The Morgan fingerprint density at radius 3 is 2.64 bits per heavy atom. The molecular weight excluding hydrogens is 310 g/mol. The van der Waals surface area contributed by atoms with Gasteiger partial charge in [-0.1, -0.05) is 23.5 Å². The molecule has 0 radical (unpaired) electrons. The molecule has 0 saturated heterocycles. The van der Waals surface area contributed by atoms with Gasteiger partial charge in [0.2, 0.25) is 5.91 Å². The second kappa shape index (κ2) is 6.76. The summed E-state index contributed by atoms with van der Waals surface area (Å²) in [6.07, 6.45) is 1.36. The monoisotopic (exact) mass is 321 g/mol. The van der Waals surface area contributed by atoms with E-state index in [4.69, 9.17) is 0 Å². The number of anilines is 1. The third-order valence-corrected chi connectivity index (χ3v) is 3.54. The molecule has 0 atom stereocenters. The van der Waals surface area contributed by atoms with E-state index < -0.39 is 10.9 Å². The van der Waals surface area contributed by atoms with E-state index in [0.717, 1.165) is 11.3 Å². The Labute approximate surface area is 128 Å². The molecule has 114 valence electrons. The summed E-state index contributed by atoms with van der Waals surface area (Å²) in [5, 5.41) is 13.4. The average Bonchev–Trinajstić information content (AvgIpc) is 2.95. The zero-order valence-corrected chi connectivity index (χ0v) is 12.3. The number of thiazole rings is 1. The summed E-state index contributed by atoms with van der Waals surface area (Å²) >= 11 is 1.00. The first-order valence-electron chi connectivity index (χ1n) is 6.07. The van der Waals surface area contributed by atoms with Crippen molar-refractivity contribution in [2.45, 2.75) is 6.42 Å². The molecule has 1 heterocycles. The lowest BCUT2D eigenvalue weighted by Gasteiger charge is -2.01. The summed E-state index contributed by atoms with van der Waals surface area (Å²) in [6.45, 7) is 0. The molecule has 0 bridgehead atoms. The van der Waals surface area contributed by atoms with E-state index in [2.05, 4.69) is 15.0 Å². The number of carbonyl (C=O) groups excluding carboxylic acids is 2. The molecule has 8 nitrogen and oxygen atoms in total. The van der Waals surface area contributed by atoms with Gasteiger partial charge in [0.1, 0.15) is 4.88 Å². The molecule has 1 amide bonds. The van der Waals surface area contributed by atoms with Crippen molar-refractivity contribution in [1.29, 1.82) is 0 Å². The van der Waals surface area contributed by atoms with E-state index in [9.17, 15) is 19.7 Å². The molecule has 22 heavy (non-hydrogen) atoms. The van der Waals surface area contributed by atoms with Gasteiger partial charge in [0.05, 0.1) is 24.7 Å². The van der Waals surface area contributed by atoms with E-state index >= 15 is 0 Å². The first-order chi connectivity index (χ1) is 10.5. The Hall–Kier alpha value is -2.81. The van der Waals surface area contributed by atoms with Gasteiger partial charge in [0.15, 0.2) is 5.13 Å². The van der Waals surface area contributed by atoms with Crippen LogP contribution in [0.25, 0.3) is 0 Å². The fourth-order valence-corrected chi connectivity index (χ4v) is 2.36. The zero-order chi connectivity index (χ0) is 16.1. The van der Waals surface area contributed by atoms with E-state index in [-0.39, 0.29) is 28.0 Å². The van der Waals surface area contributed by atoms with Gasteiger partial charge in [-0.25, -0.2) is 9.78 Å². The molecule has 0 spiro atoms. The molecule has 9 heteroatoms. The lowest BCUT2D eigenvalue weighted by atomic mass is 10.1. The number of esters is 1. The van der Waals surface area contributed by atoms with Crippen LogP contribution in [-0.2, 0) is 16.0 Å². The number of methoxy groups -OCH3 is 1. The number of aromatic nitrogens is 1. The molecule has 1 aromatic carbocycles. The smallest absolute Gasteiger partial charge is 0.349 e. The van der Waals surface area contributed by atoms with Crippen LogP contribution in [0.2, 0.25) is 0 Å². The Bertz CT molecular complexity index is 711. The van der Waals surface area contributed by atoms with Gasteiger partial charge in [-0.05, 0) is 5.56 Å². The van der Waals surface area contributed by atoms with Crippen molar-refractivity contribution >= 4 is 34.0 Å². The van der Waals surface area contributed by atoms with Crippen LogP contribution in [0.3, 0.4) is 0 Å². The summed E-state index contributed by atoms with van der Waals surface area (Å²) in [4.78, 5) is 37.3. The number of nitro benzene ring substituents is 1. The minimum absolute atomic E-state index is 0.0354. The third kappa shape index (κ3) is 3.85. The quantitative estimate of drug-likeness (QED) is 0.512. The fourth-order valence-electron chi connectivity index (χ4n) is 1.61. The predicted octanol–water partition coefficient (Wildman–Crippen LogP) is 2.02. The number of nitrogens with one attached hydrogen (secondary N) is 1. The molecule has 1 aromatic heterocycles. The van der Waals surface area contributed by atoms with Crippen molar-refractivity contribution in [2.75, 3.05) is 12.4 Å². The second-order valence-electron chi connectivity index (χ2n) is 4.17. The van der Waals surface area contributed by atoms with Gasteiger partial charge in [-0.2, -0.15) is 0 Å². The summed E-state index contributed by atoms with van der Waals surface area (Å²) in [6, 6.07) is 5.70. The van der Waals surface area contributed by atoms with Gasteiger partial charge in [0, 0.05) is 12.1 Å². The summed E-state index contributed by atoms with van der Waals surface area (Å²) < 4.78 is 4.54. The standard InChI is InChI=1S/C13H11N3O5S/c1-21-12(18)10-7-14-13(22-10)15-11(17)6-8-2-4-9(5-3-8)16(19)20/h2-5,7H,6H2,1H3,(H,14,15,17). The predicted molar refractivity (Wildman–Crippen MR) is 78.9 cm³/mol. The van der Waals surface area contributed by atoms with Crippen molar-refractivity contribution in [3.63, 3.8) is 0 Å². The maximum Gasteiger partial charge on any atom is 0.349 e. The second-order valence-corrected chi connectivity index (χ2v) is 5.20. The minimum Gasteiger partial charge on any atom is -0.465 e. The number of non-ortho nitro benzene ring substituents is 1. The highest BCUT2D eigenvalue weighted by molar-refractivity contribution is 7.17. The van der Waals surface area contributed by atoms with Crippen LogP contribution >= 0.6 is 11.3 Å². The van der Waals surface area contributed by atoms with Gasteiger partial charge in [-0.3, -0.25) is 14.9 Å². The normalized spacial score (nSPS) is 10.0. The number of hydrogen-bond acceptors (Lipinski definition) is 7. The molecule has 0 unspecified atom stereocenters. The minimum atomic E-state index is -0.520. The van der Waals surface area contributed by atoms with Crippen LogP contribution in [0.4, 0.5) is 10.8 Å². The van der Waals surface area contributed by atoms with Crippen molar-refractivity contribution in [1.82, 2.24) is 4.98 Å².